The molecule has 2 rings (SSSR count). The molecule has 0 aromatic carbocycles. The lowest BCUT2D eigenvalue weighted by atomic mass is 10.2. The summed E-state index contributed by atoms with van der Waals surface area (Å²) in [6, 6.07) is 3.93. The van der Waals surface area contributed by atoms with Crippen LogP contribution < -0.4 is 15.4 Å². The molecule has 2 aromatic heterocycles. The summed E-state index contributed by atoms with van der Waals surface area (Å²) in [6.07, 6.45) is 3.60. The van der Waals surface area contributed by atoms with Crippen LogP contribution in [0.4, 0.5) is 0 Å². The van der Waals surface area contributed by atoms with Gasteiger partial charge in [0.25, 0.3) is 0 Å². The normalized spacial score (nSPS) is 11.4. The molecule has 7 heteroatoms. The number of aliphatic imine (C=N–C) groups is 1. The van der Waals surface area contributed by atoms with E-state index < -0.39 is 0 Å². The Morgan fingerprint density at radius 2 is 2.16 bits per heavy atom. The molecule has 0 saturated carbocycles. The Morgan fingerprint density at radius 1 is 1.32 bits per heavy atom. The number of nitrogens with zero attached hydrogens (tertiary/aromatic N) is 3. The highest BCUT2D eigenvalue weighted by Crippen LogP contribution is 2.16. The Bertz CT molecular complexity index is 679. The van der Waals surface area contributed by atoms with Gasteiger partial charge in [0.2, 0.25) is 5.88 Å². The number of rotatable bonds is 8. The predicted octanol–water partition coefficient (Wildman–Crippen LogP) is 2.85. The van der Waals surface area contributed by atoms with E-state index in [0.717, 1.165) is 41.6 Å². The van der Waals surface area contributed by atoms with Gasteiger partial charge in [0.05, 0.1) is 17.3 Å². The van der Waals surface area contributed by atoms with Crippen molar-refractivity contribution in [1.29, 1.82) is 0 Å². The van der Waals surface area contributed by atoms with Gasteiger partial charge in [0.15, 0.2) is 5.96 Å². The van der Waals surface area contributed by atoms with E-state index in [2.05, 4.69) is 46.4 Å². The molecular weight excluding hydrogens is 334 g/mol. The zero-order valence-corrected chi connectivity index (χ0v) is 16.2. The third-order valence-corrected chi connectivity index (χ3v) is 4.80. The van der Waals surface area contributed by atoms with Crippen molar-refractivity contribution in [2.75, 3.05) is 20.2 Å². The fourth-order valence-electron chi connectivity index (χ4n) is 2.22. The molecule has 0 amide bonds. The summed E-state index contributed by atoms with van der Waals surface area (Å²) in [7, 11) is 1.77. The molecule has 25 heavy (non-hydrogen) atoms. The van der Waals surface area contributed by atoms with Crippen molar-refractivity contribution in [2.45, 2.75) is 40.2 Å². The summed E-state index contributed by atoms with van der Waals surface area (Å²) in [5, 5.41) is 7.78. The van der Waals surface area contributed by atoms with Crippen LogP contribution >= 0.6 is 11.3 Å². The molecule has 136 valence electrons. The number of hydrogen-bond donors (Lipinski definition) is 2. The molecule has 6 nitrogen and oxygen atoms in total. The molecule has 0 aliphatic carbocycles. The van der Waals surface area contributed by atoms with Crippen LogP contribution in [0.5, 0.6) is 5.88 Å². The van der Waals surface area contributed by atoms with Gasteiger partial charge < -0.3 is 15.4 Å². The fraction of sp³-hybridized carbons (Fsp3) is 0.500. The van der Waals surface area contributed by atoms with Crippen LogP contribution in [-0.2, 0) is 13.0 Å². The van der Waals surface area contributed by atoms with E-state index >= 15 is 0 Å². The van der Waals surface area contributed by atoms with Crippen molar-refractivity contribution >= 4 is 17.3 Å². The van der Waals surface area contributed by atoms with Crippen LogP contribution in [0.15, 0.2) is 23.3 Å². The maximum Gasteiger partial charge on any atom is 0.218 e. The first-order chi connectivity index (χ1) is 12.1. The SMILES string of the molecule is CCCOc1ncccc1CNC(=NC)NCCc1nc(C)c(C)s1. The fourth-order valence-corrected chi connectivity index (χ4v) is 3.15. The molecule has 0 spiro atoms. The van der Waals surface area contributed by atoms with Gasteiger partial charge in [-0.05, 0) is 26.3 Å². The van der Waals surface area contributed by atoms with Crippen LogP contribution in [0.1, 0.15) is 34.5 Å². The van der Waals surface area contributed by atoms with Gasteiger partial charge in [-0.15, -0.1) is 11.3 Å². The summed E-state index contributed by atoms with van der Waals surface area (Å²) in [4.78, 5) is 14.4. The number of nitrogens with one attached hydrogen (secondary N) is 2. The van der Waals surface area contributed by atoms with E-state index in [4.69, 9.17) is 4.74 Å². The molecule has 2 heterocycles. The lowest BCUT2D eigenvalue weighted by Crippen LogP contribution is -2.38. The average Bonchev–Trinajstić information content (AvgIpc) is 2.94. The Morgan fingerprint density at radius 3 is 2.84 bits per heavy atom. The van der Waals surface area contributed by atoms with Gasteiger partial charge in [0.1, 0.15) is 0 Å². The standard InChI is InChI=1S/C18H27N5OS/c1-5-11-24-17-15(7-6-9-20-17)12-22-18(19-4)21-10-8-16-23-13(2)14(3)25-16/h6-7,9H,5,8,10-12H2,1-4H3,(H2,19,21,22). The number of ether oxygens (including phenoxy) is 1. The van der Waals surface area contributed by atoms with Crippen LogP contribution in [0.3, 0.4) is 0 Å². The summed E-state index contributed by atoms with van der Waals surface area (Å²) >= 11 is 1.76. The molecule has 0 radical (unpaired) electrons. The Balaban J connectivity index is 1.82. The number of aromatic nitrogens is 2. The minimum absolute atomic E-state index is 0.613. The van der Waals surface area contributed by atoms with Gasteiger partial charge in [-0.3, -0.25) is 4.99 Å². The van der Waals surface area contributed by atoms with Crippen molar-refractivity contribution in [3.63, 3.8) is 0 Å². The molecule has 2 aromatic rings. The minimum atomic E-state index is 0.613. The highest BCUT2D eigenvalue weighted by molar-refractivity contribution is 7.11. The largest absolute Gasteiger partial charge is 0.477 e. The van der Waals surface area contributed by atoms with E-state index in [1.165, 1.54) is 4.88 Å². The Hall–Kier alpha value is -2.15. The van der Waals surface area contributed by atoms with Gasteiger partial charge in [-0.25, -0.2) is 9.97 Å². The van der Waals surface area contributed by atoms with E-state index in [0.29, 0.717) is 19.0 Å². The molecule has 0 atom stereocenters. The highest BCUT2D eigenvalue weighted by Gasteiger charge is 2.07. The van der Waals surface area contributed by atoms with Crippen LogP contribution in [0.2, 0.25) is 0 Å². The predicted molar refractivity (Wildman–Crippen MR) is 104 cm³/mol. The molecular formula is C18H27N5OS. The summed E-state index contributed by atoms with van der Waals surface area (Å²) in [5.41, 5.74) is 2.14. The molecule has 0 aliphatic rings. The van der Waals surface area contributed by atoms with Crippen molar-refractivity contribution in [3.05, 3.63) is 39.5 Å². The van der Waals surface area contributed by atoms with Gasteiger partial charge >= 0.3 is 0 Å². The average molecular weight is 362 g/mol. The van der Waals surface area contributed by atoms with Crippen molar-refractivity contribution in [2.24, 2.45) is 4.99 Å². The lowest BCUT2D eigenvalue weighted by Gasteiger charge is -2.13. The van der Waals surface area contributed by atoms with Gasteiger partial charge in [-0.1, -0.05) is 13.0 Å². The number of thiazole rings is 1. The van der Waals surface area contributed by atoms with Crippen molar-refractivity contribution in [1.82, 2.24) is 20.6 Å². The quantitative estimate of drug-likeness (QED) is 0.559. The third-order valence-electron chi connectivity index (χ3n) is 3.67. The molecule has 0 aliphatic heterocycles. The minimum Gasteiger partial charge on any atom is -0.477 e. The number of guanidine groups is 1. The van der Waals surface area contributed by atoms with Crippen molar-refractivity contribution in [3.8, 4) is 5.88 Å². The maximum atomic E-state index is 5.69. The number of pyridine rings is 1. The zero-order valence-electron chi connectivity index (χ0n) is 15.4. The number of hydrogen-bond acceptors (Lipinski definition) is 5. The van der Waals surface area contributed by atoms with Crippen LogP contribution in [0.25, 0.3) is 0 Å². The smallest absolute Gasteiger partial charge is 0.218 e. The molecule has 0 saturated heterocycles. The zero-order chi connectivity index (χ0) is 18.1. The van der Waals surface area contributed by atoms with Gasteiger partial charge in [0, 0.05) is 43.2 Å². The van der Waals surface area contributed by atoms with Crippen molar-refractivity contribution < 1.29 is 4.74 Å². The molecule has 0 bridgehead atoms. The topological polar surface area (TPSA) is 71.4 Å². The summed E-state index contributed by atoms with van der Waals surface area (Å²) < 4.78 is 5.69. The third kappa shape index (κ3) is 6.01. The Kier molecular flexibility index (Phi) is 7.66. The summed E-state index contributed by atoms with van der Waals surface area (Å²) in [5.74, 6) is 1.44. The van der Waals surface area contributed by atoms with E-state index in [-0.39, 0.29) is 0 Å². The monoisotopic (exact) mass is 361 g/mol. The first-order valence-electron chi connectivity index (χ1n) is 8.58. The maximum absolute atomic E-state index is 5.69. The first kappa shape index (κ1) is 19.2. The number of aryl methyl sites for hydroxylation is 2. The van der Waals surface area contributed by atoms with Gasteiger partial charge in [-0.2, -0.15) is 0 Å². The summed E-state index contributed by atoms with van der Waals surface area (Å²) in [6.45, 7) is 8.31. The molecule has 0 unspecified atom stereocenters. The molecule has 0 fully saturated rings. The van der Waals surface area contributed by atoms with Crippen LogP contribution in [0, 0.1) is 13.8 Å². The first-order valence-corrected chi connectivity index (χ1v) is 9.39. The van der Waals surface area contributed by atoms with E-state index in [1.807, 2.05) is 12.1 Å². The highest BCUT2D eigenvalue weighted by atomic mass is 32.1. The lowest BCUT2D eigenvalue weighted by molar-refractivity contribution is 0.301. The molecule has 2 N–H and O–H groups in total. The van der Waals surface area contributed by atoms with E-state index in [9.17, 15) is 0 Å². The van der Waals surface area contributed by atoms with Crippen LogP contribution in [-0.4, -0.2) is 36.1 Å². The second-order valence-corrected chi connectivity index (χ2v) is 6.96. The van der Waals surface area contributed by atoms with E-state index in [1.54, 1.807) is 24.6 Å². The second kappa shape index (κ2) is 9.98. The Labute approximate surface area is 153 Å². The second-order valence-electron chi connectivity index (χ2n) is 5.67.